The summed E-state index contributed by atoms with van der Waals surface area (Å²) in [5, 5.41) is 2.04. The molecule has 16 heavy (non-hydrogen) atoms. The zero-order valence-electron chi connectivity index (χ0n) is 9.16. The van der Waals surface area contributed by atoms with Crippen LogP contribution in [0.1, 0.15) is 13.3 Å². The third kappa shape index (κ3) is 7.42. The molecule has 0 aromatic carbocycles. The highest BCUT2D eigenvalue weighted by Gasteiger charge is 2.00. The average molecular weight is 264 g/mol. The lowest BCUT2D eigenvalue weighted by Gasteiger charge is -1.91. The van der Waals surface area contributed by atoms with Gasteiger partial charge in [-0.15, -0.1) is 0 Å². The van der Waals surface area contributed by atoms with Gasteiger partial charge in [0.15, 0.2) is 19.7 Å². The van der Waals surface area contributed by atoms with Crippen LogP contribution in [0.4, 0.5) is 0 Å². The zero-order valence-corrected chi connectivity index (χ0v) is 10.8. The highest BCUT2D eigenvalue weighted by molar-refractivity contribution is 7.94. The van der Waals surface area contributed by atoms with Crippen molar-refractivity contribution in [2.24, 2.45) is 0 Å². The Morgan fingerprint density at radius 2 is 1.62 bits per heavy atom. The van der Waals surface area contributed by atoms with Crippen LogP contribution in [0.25, 0.3) is 0 Å². The van der Waals surface area contributed by atoms with Gasteiger partial charge in [-0.05, 0) is 6.42 Å². The first-order chi connectivity index (χ1) is 7.33. The molecule has 0 radical (unpaired) electrons. The van der Waals surface area contributed by atoms with Crippen molar-refractivity contribution in [3.63, 3.8) is 0 Å². The van der Waals surface area contributed by atoms with Crippen LogP contribution < -0.4 is 0 Å². The van der Waals surface area contributed by atoms with Crippen LogP contribution in [-0.4, -0.2) is 28.3 Å². The molecule has 0 bridgehead atoms. The van der Waals surface area contributed by atoms with Crippen molar-refractivity contribution in [2.45, 2.75) is 13.3 Å². The predicted molar refractivity (Wildman–Crippen MR) is 66.3 cm³/mol. The van der Waals surface area contributed by atoms with E-state index in [-0.39, 0.29) is 11.5 Å². The molecule has 92 valence electrons. The van der Waals surface area contributed by atoms with E-state index < -0.39 is 19.7 Å². The van der Waals surface area contributed by atoms with E-state index in [1.807, 2.05) is 0 Å². The molecule has 6 heteroatoms. The van der Waals surface area contributed by atoms with E-state index in [1.54, 1.807) is 13.0 Å². The number of sulfone groups is 2. The molecule has 0 N–H and O–H groups in total. The monoisotopic (exact) mass is 264 g/mol. The van der Waals surface area contributed by atoms with Crippen molar-refractivity contribution in [1.29, 1.82) is 0 Å². The van der Waals surface area contributed by atoms with Gasteiger partial charge in [-0.1, -0.05) is 31.7 Å². The fourth-order valence-corrected chi connectivity index (χ4v) is 1.88. The maximum absolute atomic E-state index is 11.0. The maximum Gasteiger partial charge on any atom is 0.174 e. The molecule has 0 saturated heterocycles. The fourth-order valence-electron chi connectivity index (χ4n) is 0.743. The number of rotatable bonds is 7. The molecule has 4 nitrogen and oxygen atoms in total. The van der Waals surface area contributed by atoms with E-state index in [9.17, 15) is 16.8 Å². The summed E-state index contributed by atoms with van der Waals surface area (Å²) >= 11 is 0. The van der Waals surface area contributed by atoms with Gasteiger partial charge >= 0.3 is 0 Å². The molecule has 0 aliphatic carbocycles. The van der Waals surface area contributed by atoms with Crippen molar-refractivity contribution >= 4 is 19.7 Å². The third-order valence-corrected chi connectivity index (χ3v) is 4.30. The van der Waals surface area contributed by atoms with Crippen LogP contribution in [0.15, 0.2) is 35.6 Å². The lowest BCUT2D eigenvalue weighted by atomic mass is 10.4. The lowest BCUT2D eigenvalue weighted by molar-refractivity contribution is 0.604. The summed E-state index contributed by atoms with van der Waals surface area (Å²) in [5.74, 6) is -0.0388. The van der Waals surface area contributed by atoms with E-state index in [2.05, 4.69) is 6.58 Å². The summed E-state index contributed by atoms with van der Waals surface area (Å²) < 4.78 is 43.9. The van der Waals surface area contributed by atoms with Crippen molar-refractivity contribution in [3.05, 3.63) is 35.6 Å². The standard InChI is InChI=1S/C10H16O4S2/c1-3-15(11,12)9-7-5-6-8-10-16(13,14)4-2/h3,5,7-8,10H,1,4,6,9H2,2H3. The van der Waals surface area contributed by atoms with Crippen LogP contribution >= 0.6 is 0 Å². The van der Waals surface area contributed by atoms with Crippen LogP contribution in [0.3, 0.4) is 0 Å². The Bertz CT molecular complexity index is 467. The SMILES string of the molecule is C=CS(=O)(=O)CC=CCC=CS(=O)(=O)CC. The first kappa shape index (κ1) is 15.1. The first-order valence-electron chi connectivity index (χ1n) is 4.72. The van der Waals surface area contributed by atoms with Gasteiger partial charge in [0.05, 0.1) is 11.5 Å². The Morgan fingerprint density at radius 1 is 1.00 bits per heavy atom. The molecule has 0 aromatic rings. The summed E-state index contributed by atoms with van der Waals surface area (Å²) in [5.41, 5.74) is 0. The second-order valence-electron chi connectivity index (χ2n) is 3.03. The molecule has 0 rings (SSSR count). The minimum Gasteiger partial charge on any atom is -0.224 e. The fraction of sp³-hybridized carbons (Fsp3) is 0.400. The van der Waals surface area contributed by atoms with E-state index in [0.29, 0.717) is 6.42 Å². The molecule has 0 atom stereocenters. The van der Waals surface area contributed by atoms with Gasteiger partial charge in [0.1, 0.15) is 0 Å². The van der Waals surface area contributed by atoms with Crippen molar-refractivity contribution in [1.82, 2.24) is 0 Å². The Balaban J connectivity index is 4.11. The van der Waals surface area contributed by atoms with Gasteiger partial charge in [0.2, 0.25) is 0 Å². The molecular weight excluding hydrogens is 248 g/mol. The van der Waals surface area contributed by atoms with Crippen LogP contribution in [0.2, 0.25) is 0 Å². The largest absolute Gasteiger partial charge is 0.224 e. The number of hydrogen-bond donors (Lipinski definition) is 0. The average Bonchev–Trinajstić information content (AvgIpc) is 2.23. The van der Waals surface area contributed by atoms with Crippen molar-refractivity contribution < 1.29 is 16.8 Å². The topological polar surface area (TPSA) is 68.3 Å². The Morgan fingerprint density at radius 3 is 2.12 bits per heavy atom. The highest BCUT2D eigenvalue weighted by Crippen LogP contribution is 1.96. The molecule has 0 fully saturated rings. The Kier molecular flexibility index (Phi) is 6.28. The van der Waals surface area contributed by atoms with Crippen LogP contribution in [-0.2, 0) is 19.7 Å². The molecule has 0 saturated carbocycles. The van der Waals surface area contributed by atoms with Crippen molar-refractivity contribution in [2.75, 3.05) is 11.5 Å². The molecule has 0 spiro atoms. The summed E-state index contributed by atoms with van der Waals surface area (Å²) in [6.07, 6.45) is 4.95. The van der Waals surface area contributed by atoms with Gasteiger partial charge in [0, 0.05) is 10.8 Å². The van der Waals surface area contributed by atoms with E-state index in [0.717, 1.165) is 10.8 Å². The van der Waals surface area contributed by atoms with Gasteiger partial charge in [-0.25, -0.2) is 16.8 Å². The molecule has 0 amide bonds. The minimum atomic E-state index is -3.21. The number of hydrogen-bond acceptors (Lipinski definition) is 4. The highest BCUT2D eigenvalue weighted by atomic mass is 32.2. The van der Waals surface area contributed by atoms with Crippen LogP contribution in [0, 0.1) is 0 Å². The first-order valence-corrected chi connectivity index (χ1v) is 8.15. The normalized spacial score (nSPS) is 13.6. The Hall–Kier alpha value is -0.880. The molecule has 0 heterocycles. The second kappa shape index (κ2) is 6.65. The molecule has 0 aromatic heterocycles. The van der Waals surface area contributed by atoms with E-state index >= 15 is 0 Å². The molecule has 0 aliphatic rings. The number of allylic oxidation sites excluding steroid dienone is 2. The summed E-state index contributed by atoms with van der Waals surface area (Å²) in [4.78, 5) is 0. The van der Waals surface area contributed by atoms with Gasteiger partial charge in [-0.3, -0.25) is 0 Å². The summed E-state index contributed by atoms with van der Waals surface area (Å²) in [6.45, 7) is 4.74. The third-order valence-electron chi connectivity index (χ3n) is 1.73. The minimum absolute atomic E-state index is 0.0675. The molecule has 0 aliphatic heterocycles. The second-order valence-corrected chi connectivity index (χ2v) is 7.19. The molecule has 0 unspecified atom stereocenters. The van der Waals surface area contributed by atoms with E-state index in [1.165, 1.54) is 12.2 Å². The quantitative estimate of drug-likeness (QED) is 0.652. The Labute approximate surface area is 97.2 Å². The zero-order chi connectivity index (χ0) is 12.7. The lowest BCUT2D eigenvalue weighted by Crippen LogP contribution is -1.97. The molecular formula is C10H16O4S2. The van der Waals surface area contributed by atoms with Gasteiger partial charge in [-0.2, -0.15) is 0 Å². The van der Waals surface area contributed by atoms with E-state index in [4.69, 9.17) is 0 Å². The predicted octanol–water partition coefficient (Wildman–Crippen LogP) is 1.44. The van der Waals surface area contributed by atoms with Crippen molar-refractivity contribution in [3.8, 4) is 0 Å². The maximum atomic E-state index is 11.0. The van der Waals surface area contributed by atoms with Crippen LogP contribution in [0.5, 0.6) is 0 Å². The van der Waals surface area contributed by atoms with Gasteiger partial charge < -0.3 is 0 Å². The van der Waals surface area contributed by atoms with Gasteiger partial charge in [0.25, 0.3) is 0 Å². The summed E-state index contributed by atoms with van der Waals surface area (Å²) in [6, 6.07) is 0. The summed E-state index contributed by atoms with van der Waals surface area (Å²) in [7, 11) is -6.29. The smallest absolute Gasteiger partial charge is 0.174 e.